The third kappa shape index (κ3) is 23.1. The monoisotopic (exact) mass is 1910 g/mol. The summed E-state index contributed by atoms with van der Waals surface area (Å²) in [5.74, 6) is 0.998. The number of pyridine rings is 3. The largest absolute Gasteiger partial charge is 0.494 e. The van der Waals surface area contributed by atoms with Gasteiger partial charge in [0.05, 0.1) is 79.7 Å². The number of carbonyl (C=O) groups is 3. The van der Waals surface area contributed by atoms with E-state index in [9.17, 15) is 14.4 Å². The van der Waals surface area contributed by atoms with E-state index < -0.39 is 17.9 Å². The first kappa shape index (κ1) is 94.3. The topological polar surface area (TPSA) is 211 Å². The van der Waals surface area contributed by atoms with Gasteiger partial charge in [0.1, 0.15) is 34.1 Å². The number of ether oxygens (including phenoxy) is 3. The number of rotatable bonds is 21. The number of aromatic nitrogens is 6. The summed E-state index contributed by atoms with van der Waals surface area (Å²) in [6.45, 7) is 21.3. The van der Waals surface area contributed by atoms with Gasteiger partial charge in [0.25, 0.3) is 0 Å². The molecule has 0 spiro atoms. The average Bonchev–Trinajstić information content (AvgIpc) is 1.60. The Bertz CT molecular complexity index is 6210. The number of benzene rings is 9. The van der Waals surface area contributed by atoms with E-state index in [1.807, 2.05) is 72.8 Å². The lowest BCUT2D eigenvalue weighted by Crippen LogP contribution is -2.41. The summed E-state index contributed by atoms with van der Waals surface area (Å²) in [4.78, 5) is 69.0. The summed E-state index contributed by atoms with van der Waals surface area (Å²) in [6.07, 6.45) is 7.65. The quantitative estimate of drug-likeness (QED) is 0.0347. The Morgan fingerprint density at radius 1 is 0.384 bits per heavy atom. The van der Waals surface area contributed by atoms with Crippen molar-refractivity contribution in [1.29, 1.82) is 0 Å². The zero-order chi connectivity index (χ0) is 88.4. The molecule has 15 aromatic rings. The second kappa shape index (κ2) is 41.7. The first-order valence-corrected chi connectivity index (χ1v) is 45.2. The molecule has 0 saturated carbocycles. The highest BCUT2D eigenvalue weighted by Crippen LogP contribution is 2.43. The average molecular weight is 1910 g/mol. The van der Waals surface area contributed by atoms with Crippen molar-refractivity contribution < 1.29 is 37.9 Å². The van der Waals surface area contributed by atoms with Crippen molar-refractivity contribution in [2.75, 3.05) is 37.3 Å². The van der Waals surface area contributed by atoms with E-state index in [0.717, 1.165) is 117 Å². The maximum atomic E-state index is 12.8. The summed E-state index contributed by atoms with van der Waals surface area (Å²) in [5.41, 5.74) is 10.2. The van der Waals surface area contributed by atoms with Crippen LogP contribution >= 0.6 is 120 Å². The highest BCUT2D eigenvalue weighted by Gasteiger charge is 2.51. The standard InChI is InChI=1S/2C30H25Cl2N3O2S.C20H18BrCl2N3O2S.C16H19BO2.CH4/c2*1-17(2)12-26-27(21-10-11-24(31)25(32)15-21)34-30(38-26)35-28-23(29(36)37-3)14-22(16-33-28)20-9-8-18-6-4-5-7-19(18)13-20;1-10(2)6-16-17(11-4-5-14(22)15(23)7-11)25-20(29-16)26-18-13(19(27)28-3)8-12(21)9-24-18;1-15(2)16(3,4)19-17(18-15)14-10-9-12-7-5-6-8-13(12)11-14;/h2*4-11,13-17H,12H2,1-3H3,(H,33,34,35);4-5,7-10H,6H2,1-3H3,(H,24,25,26);5-11H,1-4H3;1H4. The van der Waals surface area contributed by atoms with Gasteiger partial charge in [0.2, 0.25) is 0 Å². The molecule has 6 aromatic heterocycles. The molecule has 0 unspecified atom stereocenters. The number of anilines is 6. The van der Waals surface area contributed by atoms with E-state index in [1.165, 1.54) is 66.1 Å². The fourth-order valence-electron chi connectivity index (χ4n) is 13.5. The molecule has 1 aliphatic heterocycles. The van der Waals surface area contributed by atoms with Crippen LogP contribution in [0.5, 0.6) is 0 Å². The molecule has 0 radical (unpaired) electrons. The summed E-state index contributed by atoms with van der Waals surface area (Å²) in [6, 6.07) is 65.1. The highest BCUT2D eigenvalue weighted by molar-refractivity contribution is 9.10. The van der Waals surface area contributed by atoms with Gasteiger partial charge in [-0.1, -0.05) is 252 Å². The van der Waals surface area contributed by atoms with Crippen LogP contribution in [0, 0.1) is 17.8 Å². The number of nitrogens with zero attached hydrogens (tertiary/aromatic N) is 6. The molecule has 28 heteroatoms. The number of esters is 3. The van der Waals surface area contributed by atoms with Crippen molar-refractivity contribution in [3.05, 3.63) is 285 Å². The van der Waals surface area contributed by atoms with Gasteiger partial charge < -0.3 is 39.5 Å². The van der Waals surface area contributed by atoms with Crippen LogP contribution in [-0.4, -0.2) is 87.5 Å². The molecule has 1 fully saturated rings. The van der Waals surface area contributed by atoms with Gasteiger partial charge in [-0.05, 0) is 196 Å². The number of halogens is 7. The Balaban J connectivity index is 0.000000156. The first-order valence-electron chi connectivity index (χ1n) is 39.7. The molecule has 1 aliphatic rings. The summed E-state index contributed by atoms with van der Waals surface area (Å²) < 4.78 is 27.9. The number of nitrogens with one attached hydrogen (secondary N) is 3. The lowest BCUT2D eigenvalue weighted by molar-refractivity contribution is 0.00578. The fourth-order valence-corrected chi connectivity index (χ4v) is 18.3. The maximum Gasteiger partial charge on any atom is 0.494 e. The van der Waals surface area contributed by atoms with Crippen LogP contribution in [0.25, 0.3) is 88.3 Å². The van der Waals surface area contributed by atoms with Gasteiger partial charge in [0, 0.05) is 65.5 Å². The van der Waals surface area contributed by atoms with Crippen LogP contribution in [-0.2, 0) is 42.8 Å². The molecule has 9 aromatic carbocycles. The number of hydrogen-bond acceptors (Lipinski definition) is 20. The smallest absolute Gasteiger partial charge is 0.465 e. The molecule has 0 amide bonds. The molecule has 1 saturated heterocycles. The van der Waals surface area contributed by atoms with E-state index in [2.05, 4.69) is 207 Å². The van der Waals surface area contributed by atoms with Crippen molar-refractivity contribution in [3.63, 3.8) is 0 Å². The molecule has 125 heavy (non-hydrogen) atoms. The number of hydrogen-bond donors (Lipinski definition) is 3. The number of methoxy groups -OCH3 is 3. The molecule has 17 nitrogen and oxygen atoms in total. The van der Waals surface area contributed by atoms with E-state index in [4.69, 9.17) is 108 Å². The van der Waals surface area contributed by atoms with Crippen LogP contribution in [0.15, 0.2) is 223 Å². The molecule has 0 bridgehead atoms. The molecular weight excluding hydrogens is 1820 g/mol. The van der Waals surface area contributed by atoms with Crippen LogP contribution in [0.2, 0.25) is 30.1 Å². The zero-order valence-corrected chi connectivity index (χ0v) is 78.6. The minimum Gasteiger partial charge on any atom is -0.465 e. The molecule has 7 heterocycles. The van der Waals surface area contributed by atoms with E-state index in [-0.39, 0.29) is 25.7 Å². The van der Waals surface area contributed by atoms with Gasteiger partial charge >= 0.3 is 25.0 Å². The molecule has 642 valence electrons. The molecule has 0 atom stereocenters. The SMILES string of the molecule is C.CC1(C)OB(c2ccc3ccccc3c2)OC1(C)C.COC(=O)c1cc(-c2ccc3ccccc3c2)cnc1Nc1nc(-c2ccc(Cl)c(Cl)c2)c(CC(C)C)s1.COC(=O)c1cc(-c2ccc3ccccc3c2)cnc1Nc1nc(-c2ccc(Cl)c(Cl)c2)c(CC(C)C)s1.COC(=O)c1cc(Br)cnc1Nc1nc(-c2ccc(Cl)c(Cl)c2)c(CC(C)C)s1. The van der Waals surface area contributed by atoms with Crippen molar-refractivity contribution in [2.45, 2.75) is 107 Å². The third-order valence-corrected chi connectivity index (χ3v) is 26.1. The molecule has 0 aliphatic carbocycles. The lowest BCUT2D eigenvalue weighted by Gasteiger charge is -2.32. The first-order chi connectivity index (χ1) is 59.3. The third-order valence-electron chi connectivity index (χ3n) is 20.4. The predicted molar refractivity (Wildman–Crippen MR) is 525 cm³/mol. The normalized spacial score (nSPS) is 12.6. The van der Waals surface area contributed by atoms with Crippen molar-refractivity contribution in [2.24, 2.45) is 17.8 Å². The molecule has 16 rings (SSSR count). The molecule has 3 N–H and O–H groups in total. The van der Waals surface area contributed by atoms with Crippen LogP contribution < -0.4 is 21.4 Å². The van der Waals surface area contributed by atoms with Crippen molar-refractivity contribution in [1.82, 2.24) is 29.9 Å². The number of carbonyl (C=O) groups excluding carboxylic acids is 3. The molecular formula is C97H91BBrCl6N9O8S3. The van der Waals surface area contributed by atoms with Crippen molar-refractivity contribution in [3.8, 4) is 56.0 Å². The highest BCUT2D eigenvalue weighted by atomic mass is 79.9. The van der Waals surface area contributed by atoms with E-state index in [1.54, 1.807) is 55.0 Å². The van der Waals surface area contributed by atoms with Crippen LogP contribution in [0.4, 0.5) is 32.8 Å². The second-order valence-corrected chi connectivity index (χ2v) is 38.1. The minimum atomic E-state index is -0.482. The Labute approximate surface area is 779 Å². The van der Waals surface area contributed by atoms with Crippen molar-refractivity contribution >= 4 is 215 Å². The minimum absolute atomic E-state index is 0. The Kier molecular flexibility index (Phi) is 31.4. The number of fused-ring (bicyclic) bond motifs is 3. The van der Waals surface area contributed by atoms with Gasteiger partial charge in [-0.15, -0.1) is 34.0 Å². The predicted octanol–water partition coefficient (Wildman–Crippen LogP) is 28.9. The van der Waals surface area contributed by atoms with Gasteiger partial charge in [0.15, 0.2) is 15.4 Å². The zero-order valence-electron chi connectivity index (χ0n) is 70.0. The Hall–Kier alpha value is -9.89. The Morgan fingerprint density at radius 2 is 0.688 bits per heavy atom. The second-order valence-electron chi connectivity index (χ2n) is 31.5. The summed E-state index contributed by atoms with van der Waals surface area (Å²) in [7, 11) is 3.77. The van der Waals surface area contributed by atoms with Gasteiger partial charge in [-0.25, -0.2) is 44.3 Å². The van der Waals surface area contributed by atoms with Gasteiger partial charge in [-0.2, -0.15) is 0 Å². The summed E-state index contributed by atoms with van der Waals surface area (Å²) in [5, 5.41) is 21.4. The van der Waals surface area contributed by atoms with Gasteiger partial charge in [-0.3, -0.25) is 0 Å². The van der Waals surface area contributed by atoms with Crippen LogP contribution in [0.3, 0.4) is 0 Å². The Morgan fingerprint density at radius 3 is 1.02 bits per heavy atom. The van der Waals surface area contributed by atoms with E-state index in [0.29, 0.717) is 102 Å². The fraction of sp³-hybridized carbons (Fsp3) is 0.227. The summed E-state index contributed by atoms with van der Waals surface area (Å²) >= 11 is 45.0. The maximum absolute atomic E-state index is 12.8. The van der Waals surface area contributed by atoms with E-state index >= 15 is 0 Å². The lowest BCUT2D eigenvalue weighted by atomic mass is 9.78. The van der Waals surface area contributed by atoms with Crippen LogP contribution in [0.1, 0.15) is 122 Å². The number of thiazole rings is 3.